The van der Waals surface area contributed by atoms with E-state index in [0.717, 1.165) is 10.0 Å². The number of ether oxygens (including phenoxy) is 1. The maximum absolute atomic E-state index is 6.04. The Morgan fingerprint density at radius 2 is 1.89 bits per heavy atom. The van der Waals surface area contributed by atoms with Gasteiger partial charge in [0, 0.05) is 22.3 Å². The second kappa shape index (κ2) is 6.11. The SMILES string of the molecule is Clc1ccc(COc2cc(Cl)c(Br)cc2Cl)cn1. The smallest absolute Gasteiger partial charge is 0.139 e. The highest BCUT2D eigenvalue weighted by Crippen LogP contribution is 2.34. The van der Waals surface area contributed by atoms with Crippen molar-refractivity contribution in [3.8, 4) is 5.75 Å². The number of pyridine rings is 1. The van der Waals surface area contributed by atoms with Crippen molar-refractivity contribution in [3.63, 3.8) is 0 Å². The van der Waals surface area contributed by atoms with Gasteiger partial charge in [-0.3, -0.25) is 0 Å². The first kappa shape index (κ1) is 13.9. The van der Waals surface area contributed by atoms with E-state index in [1.807, 2.05) is 6.07 Å². The van der Waals surface area contributed by atoms with E-state index in [1.54, 1.807) is 24.4 Å². The largest absolute Gasteiger partial charge is 0.487 e. The molecule has 1 aromatic heterocycles. The van der Waals surface area contributed by atoms with Crippen molar-refractivity contribution in [1.82, 2.24) is 4.98 Å². The van der Waals surface area contributed by atoms with Crippen LogP contribution in [-0.4, -0.2) is 4.98 Å². The summed E-state index contributed by atoms with van der Waals surface area (Å²) in [6.45, 7) is 0.349. The van der Waals surface area contributed by atoms with Gasteiger partial charge < -0.3 is 4.74 Å². The highest BCUT2D eigenvalue weighted by molar-refractivity contribution is 9.10. The van der Waals surface area contributed by atoms with Crippen LogP contribution in [0.15, 0.2) is 34.9 Å². The zero-order chi connectivity index (χ0) is 13.1. The van der Waals surface area contributed by atoms with Crippen LogP contribution in [0.25, 0.3) is 0 Å². The minimum absolute atomic E-state index is 0.349. The third-order valence-corrected chi connectivity index (χ3v) is 3.87. The number of aromatic nitrogens is 1. The van der Waals surface area contributed by atoms with Gasteiger partial charge in [-0.2, -0.15) is 0 Å². The Bertz CT molecular complexity index is 560. The Balaban J connectivity index is 2.10. The van der Waals surface area contributed by atoms with Gasteiger partial charge in [-0.05, 0) is 28.1 Å². The molecule has 0 radical (unpaired) electrons. The van der Waals surface area contributed by atoms with E-state index < -0.39 is 0 Å². The molecule has 2 nitrogen and oxygen atoms in total. The monoisotopic (exact) mass is 365 g/mol. The summed E-state index contributed by atoms with van der Waals surface area (Å²) >= 11 is 21.0. The van der Waals surface area contributed by atoms with Gasteiger partial charge in [0.1, 0.15) is 17.5 Å². The standard InChI is InChI=1S/C12H7BrCl3NO/c13-8-3-10(15)11(4-9(8)14)18-6-7-1-2-12(16)17-5-7/h1-5H,6H2. The number of rotatable bonds is 3. The van der Waals surface area contributed by atoms with Crippen molar-refractivity contribution >= 4 is 50.7 Å². The Hall–Kier alpha value is -0.480. The molecule has 94 valence electrons. The topological polar surface area (TPSA) is 22.1 Å². The molecule has 18 heavy (non-hydrogen) atoms. The quantitative estimate of drug-likeness (QED) is 0.536. The van der Waals surface area contributed by atoms with Gasteiger partial charge in [-0.1, -0.05) is 40.9 Å². The zero-order valence-corrected chi connectivity index (χ0v) is 12.8. The fraction of sp³-hybridized carbons (Fsp3) is 0.0833. The fourth-order valence-corrected chi connectivity index (χ4v) is 2.23. The molecule has 0 aliphatic carbocycles. The third-order valence-electron chi connectivity index (χ3n) is 2.16. The maximum Gasteiger partial charge on any atom is 0.139 e. The number of halogens is 4. The molecule has 0 atom stereocenters. The first-order valence-electron chi connectivity index (χ1n) is 4.94. The van der Waals surface area contributed by atoms with Gasteiger partial charge in [0.2, 0.25) is 0 Å². The lowest BCUT2D eigenvalue weighted by atomic mass is 10.3. The molecule has 0 fully saturated rings. The normalized spacial score (nSPS) is 10.4. The number of benzene rings is 1. The molecule has 0 saturated carbocycles. The Morgan fingerprint density at radius 1 is 1.11 bits per heavy atom. The van der Waals surface area contributed by atoms with Gasteiger partial charge >= 0.3 is 0 Å². The molecule has 0 aliphatic rings. The maximum atomic E-state index is 6.04. The van der Waals surface area contributed by atoms with Crippen molar-refractivity contribution in [1.29, 1.82) is 0 Å². The molecule has 0 N–H and O–H groups in total. The summed E-state index contributed by atoms with van der Waals surface area (Å²) in [4.78, 5) is 3.96. The lowest BCUT2D eigenvalue weighted by Gasteiger charge is -2.09. The summed E-state index contributed by atoms with van der Waals surface area (Å²) in [5.74, 6) is 0.528. The molecule has 0 saturated heterocycles. The van der Waals surface area contributed by atoms with Crippen molar-refractivity contribution in [2.75, 3.05) is 0 Å². The molecule has 1 heterocycles. The molecule has 0 aliphatic heterocycles. The summed E-state index contributed by atoms with van der Waals surface area (Å²) < 4.78 is 6.31. The van der Waals surface area contributed by atoms with Gasteiger partial charge in [0.05, 0.1) is 10.0 Å². The van der Waals surface area contributed by atoms with Crippen LogP contribution >= 0.6 is 50.7 Å². The molecule has 2 rings (SSSR count). The van der Waals surface area contributed by atoms with Crippen LogP contribution in [0.4, 0.5) is 0 Å². The lowest BCUT2D eigenvalue weighted by molar-refractivity contribution is 0.306. The highest BCUT2D eigenvalue weighted by Gasteiger charge is 2.07. The van der Waals surface area contributed by atoms with Crippen molar-refractivity contribution in [2.45, 2.75) is 6.61 Å². The minimum atomic E-state index is 0.349. The van der Waals surface area contributed by atoms with Gasteiger partial charge in [0.25, 0.3) is 0 Å². The first-order chi connectivity index (χ1) is 8.56. The molecule has 6 heteroatoms. The van der Waals surface area contributed by atoms with Crippen LogP contribution in [-0.2, 0) is 6.61 Å². The van der Waals surface area contributed by atoms with Crippen molar-refractivity contribution in [2.24, 2.45) is 0 Å². The summed E-state index contributed by atoms with van der Waals surface area (Å²) in [7, 11) is 0. The molecule has 2 aromatic rings. The lowest BCUT2D eigenvalue weighted by Crippen LogP contribution is -1.96. The second-order valence-electron chi connectivity index (χ2n) is 3.47. The Kier molecular flexibility index (Phi) is 4.73. The van der Waals surface area contributed by atoms with Gasteiger partial charge in [-0.25, -0.2) is 4.98 Å². The van der Waals surface area contributed by atoms with Crippen LogP contribution in [0.2, 0.25) is 15.2 Å². The molecular formula is C12H7BrCl3NO. The van der Waals surface area contributed by atoms with E-state index in [0.29, 0.717) is 27.6 Å². The van der Waals surface area contributed by atoms with Crippen LogP contribution < -0.4 is 4.74 Å². The summed E-state index contributed by atoms with van der Waals surface area (Å²) in [5.41, 5.74) is 0.898. The number of hydrogen-bond donors (Lipinski definition) is 0. The fourth-order valence-electron chi connectivity index (χ4n) is 1.27. The minimum Gasteiger partial charge on any atom is -0.487 e. The van der Waals surface area contributed by atoms with Crippen LogP contribution in [0.1, 0.15) is 5.56 Å². The van der Waals surface area contributed by atoms with Gasteiger partial charge in [0.15, 0.2) is 0 Å². The zero-order valence-electron chi connectivity index (χ0n) is 8.96. The van der Waals surface area contributed by atoms with Crippen LogP contribution in [0.3, 0.4) is 0 Å². The Morgan fingerprint density at radius 3 is 2.56 bits per heavy atom. The summed E-state index contributed by atoms with van der Waals surface area (Å²) in [5, 5.41) is 1.49. The predicted octanol–water partition coefficient (Wildman–Crippen LogP) is 5.38. The highest BCUT2D eigenvalue weighted by atomic mass is 79.9. The third kappa shape index (κ3) is 3.51. The predicted molar refractivity (Wildman–Crippen MR) is 77.7 cm³/mol. The molecule has 0 unspecified atom stereocenters. The average molecular weight is 367 g/mol. The molecular weight excluding hydrogens is 360 g/mol. The summed E-state index contributed by atoms with van der Waals surface area (Å²) in [6, 6.07) is 6.90. The Labute approximate surface area is 128 Å². The van der Waals surface area contributed by atoms with E-state index in [1.165, 1.54) is 0 Å². The van der Waals surface area contributed by atoms with Crippen LogP contribution in [0, 0.1) is 0 Å². The van der Waals surface area contributed by atoms with Crippen molar-refractivity contribution < 1.29 is 4.74 Å². The van der Waals surface area contributed by atoms with E-state index in [4.69, 9.17) is 39.5 Å². The van der Waals surface area contributed by atoms with Crippen molar-refractivity contribution in [3.05, 3.63) is 55.7 Å². The molecule has 0 bridgehead atoms. The molecule has 1 aromatic carbocycles. The van der Waals surface area contributed by atoms with E-state index in [2.05, 4.69) is 20.9 Å². The van der Waals surface area contributed by atoms with Gasteiger partial charge in [-0.15, -0.1) is 0 Å². The number of hydrogen-bond acceptors (Lipinski definition) is 2. The van der Waals surface area contributed by atoms with E-state index >= 15 is 0 Å². The number of nitrogens with zero attached hydrogens (tertiary/aromatic N) is 1. The van der Waals surface area contributed by atoms with E-state index in [-0.39, 0.29) is 0 Å². The van der Waals surface area contributed by atoms with E-state index in [9.17, 15) is 0 Å². The molecule has 0 spiro atoms. The van der Waals surface area contributed by atoms with Crippen LogP contribution in [0.5, 0.6) is 5.75 Å². The average Bonchev–Trinajstić information content (AvgIpc) is 2.34. The second-order valence-corrected chi connectivity index (χ2v) is 5.53. The first-order valence-corrected chi connectivity index (χ1v) is 6.87. The molecule has 0 amide bonds. The summed E-state index contributed by atoms with van der Waals surface area (Å²) in [6.07, 6.45) is 1.65.